The number of carboxylic acids is 1. The van der Waals surface area contributed by atoms with Crippen LogP contribution in [0.4, 0.5) is 0 Å². The molecule has 0 aliphatic heterocycles. The molecule has 0 aliphatic rings. The third kappa shape index (κ3) is 8.37. The SMILES string of the molecule is CCCC(CC(CCC(C)C)C(=O)O)C(=O)N(C)CN(C)C. The van der Waals surface area contributed by atoms with Crippen LogP contribution < -0.4 is 0 Å². The van der Waals surface area contributed by atoms with Crippen LogP contribution in [0.3, 0.4) is 0 Å². The van der Waals surface area contributed by atoms with Crippen LogP contribution in [-0.2, 0) is 9.59 Å². The summed E-state index contributed by atoms with van der Waals surface area (Å²) in [6.07, 6.45) is 3.63. The third-order valence-corrected chi connectivity index (χ3v) is 3.87. The lowest BCUT2D eigenvalue weighted by Crippen LogP contribution is -2.40. The molecule has 0 fully saturated rings. The van der Waals surface area contributed by atoms with E-state index in [1.54, 1.807) is 11.9 Å². The predicted octanol–water partition coefficient (Wildman–Crippen LogP) is 2.91. The third-order valence-electron chi connectivity index (χ3n) is 3.87. The summed E-state index contributed by atoms with van der Waals surface area (Å²) in [6, 6.07) is 0. The van der Waals surface area contributed by atoms with E-state index >= 15 is 0 Å². The Balaban J connectivity index is 4.82. The molecule has 5 nitrogen and oxygen atoms in total. The lowest BCUT2D eigenvalue weighted by atomic mass is 9.86. The van der Waals surface area contributed by atoms with Crippen LogP contribution in [-0.4, -0.2) is 54.6 Å². The number of hydrogen-bond acceptors (Lipinski definition) is 3. The van der Waals surface area contributed by atoms with Gasteiger partial charge in [-0.25, -0.2) is 0 Å². The average Bonchev–Trinajstić information content (AvgIpc) is 2.39. The van der Waals surface area contributed by atoms with Crippen molar-refractivity contribution in [2.45, 2.75) is 52.9 Å². The zero-order valence-electron chi connectivity index (χ0n) is 15.1. The number of rotatable bonds is 11. The van der Waals surface area contributed by atoms with Crippen molar-refractivity contribution in [2.24, 2.45) is 17.8 Å². The minimum Gasteiger partial charge on any atom is -0.481 e. The van der Waals surface area contributed by atoms with Crippen molar-refractivity contribution in [3.8, 4) is 0 Å². The maximum Gasteiger partial charge on any atom is 0.306 e. The Morgan fingerprint density at radius 1 is 1.00 bits per heavy atom. The van der Waals surface area contributed by atoms with E-state index in [0.717, 1.165) is 19.3 Å². The molecule has 0 aliphatic carbocycles. The molecule has 1 N–H and O–H groups in total. The number of nitrogens with zero attached hydrogens (tertiary/aromatic N) is 2. The second kappa shape index (κ2) is 10.6. The Hall–Kier alpha value is -1.10. The van der Waals surface area contributed by atoms with Gasteiger partial charge in [-0.15, -0.1) is 0 Å². The van der Waals surface area contributed by atoms with Crippen LogP contribution in [0, 0.1) is 17.8 Å². The van der Waals surface area contributed by atoms with E-state index in [1.165, 1.54) is 0 Å². The molecule has 130 valence electrons. The largest absolute Gasteiger partial charge is 0.481 e. The Bertz CT molecular complexity index is 343. The first kappa shape index (κ1) is 20.9. The van der Waals surface area contributed by atoms with E-state index < -0.39 is 11.9 Å². The van der Waals surface area contributed by atoms with Gasteiger partial charge in [0.2, 0.25) is 5.91 Å². The lowest BCUT2D eigenvalue weighted by Gasteiger charge is -2.27. The van der Waals surface area contributed by atoms with Crippen LogP contribution in [0.15, 0.2) is 0 Å². The van der Waals surface area contributed by atoms with Crippen molar-refractivity contribution in [3.05, 3.63) is 0 Å². The van der Waals surface area contributed by atoms with Gasteiger partial charge in [-0.05, 0) is 39.3 Å². The van der Waals surface area contributed by atoms with Gasteiger partial charge in [0.25, 0.3) is 0 Å². The van der Waals surface area contributed by atoms with Gasteiger partial charge in [-0.2, -0.15) is 0 Å². The van der Waals surface area contributed by atoms with Gasteiger partial charge in [0.05, 0.1) is 12.6 Å². The van der Waals surface area contributed by atoms with Gasteiger partial charge in [-0.1, -0.05) is 33.6 Å². The first-order chi connectivity index (χ1) is 10.2. The van der Waals surface area contributed by atoms with Crippen LogP contribution in [0.25, 0.3) is 0 Å². The summed E-state index contributed by atoms with van der Waals surface area (Å²) in [6.45, 7) is 6.79. The zero-order valence-corrected chi connectivity index (χ0v) is 15.1. The summed E-state index contributed by atoms with van der Waals surface area (Å²) in [4.78, 5) is 27.7. The van der Waals surface area contributed by atoms with Crippen LogP contribution in [0.5, 0.6) is 0 Å². The highest BCUT2D eigenvalue weighted by Gasteiger charge is 2.28. The van der Waals surface area contributed by atoms with Gasteiger partial charge in [0.1, 0.15) is 0 Å². The van der Waals surface area contributed by atoms with Crippen molar-refractivity contribution in [1.29, 1.82) is 0 Å². The predicted molar refractivity (Wildman–Crippen MR) is 89.5 cm³/mol. The van der Waals surface area contributed by atoms with Crippen molar-refractivity contribution >= 4 is 11.9 Å². The van der Waals surface area contributed by atoms with Gasteiger partial charge in [-0.3, -0.25) is 14.5 Å². The topological polar surface area (TPSA) is 60.9 Å². The Morgan fingerprint density at radius 3 is 2.00 bits per heavy atom. The molecule has 0 saturated carbocycles. The molecule has 1 amide bonds. The number of amides is 1. The van der Waals surface area contributed by atoms with Gasteiger partial charge in [0, 0.05) is 13.0 Å². The number of hydrogen-bond donors (Lipinski definition) is 1. The highest BCUT2D eigenvalue weighted by atomic mass is 16.4. The van der Waals surface area contributed by atoms with Crippen molar-refractivity contribution in [3.63, 3.8) is 0 Å². The molecule has 2 atom stereocenters. The Kier molecular flexibility index (Phi) is 10.1. The van der Waals surface area contributed by atoms with E-state index in [9.17, 15) is 14.7 Å². The molecule has 0 spiro atoms. The standard InChI is InChI=1S/C17H34N2O3/c1-7-8-14(16(20)19(6)12-18(4)5)11-15(17(21)22)10-9-13(2)3/h13-15H,7-12H2,1-6H3,(H,21,22). The first-order valence-corrected chi connectivity index (χ1v) is 8.31. The van der Waals surface area contributed by atoms with Crippen LogP contribution in [0.2, 0.25) is 0 Å². The maximum atomic E-state index is 12.6. The molecule has 0 bridgehead atoms. The fraction of sp³-hybridized carbons (Fsp3) is 0.882. The minimum absolute atomic E-state index is 0.0614. The molecule has 0 radical (unpaired) electrons. The molecule has 5 heteroatoms. The number of aliphatic carboxylic acids is 1. The Labute approximate surface area is 135 Å². The van der Waals surface area contributed by atoms with E-state index in [4.69, 9.17) is 0 Å². The summed E-state index contributed by atoms with van der Waals surface area (Å²) >= 11 is 0. The maximum absolute atomic E-state index is 12.6. The molecule has 0 aromatic carbocycles. The van der Waals surface area contributed by atoms with Gasteiger partial charge in [0.15, 0.2) is 0 Å². The smallest absolute Gasteiger partial charge is 0.306 e. The fourth-order valence-electron chi connectivity index (χ4n) is 2.72. The molecule has 0 aromatic heterocycles. The lowest BCUT2D eigenvalue weighted by molar-refractivity contribution is -0.144. The summed E-state index contributed by atoms with van der Waals surface area (Å²) in [5.41, 5.74) is 0. The molecular formula is C17H34N2O3. The fourth-order valence-corrected chi connectivity index (χ4v) is 2.72. The van der Waals surface area contributed by atoms with Crippen LogP contribution in [0.1, 0.15) is 52.9 Å². The first-order valence-electron chi connectivity index (χ1n) is 8.31. The molecule has 2 unspecified atom stereocenters. The highest BCUT2D eigenvalue weighted by molar-refractivity contribution is 5.79. The van der Waals surface area contributed by atoms with Crippen molar-refractivity contribution in [2.75, 3.05) is 27.8 Å². The second-order valence-electron chi connectivity index (χ2n) is 6.98. The molecule has 0 saturated heterocycles. The van der Waals surface area contributed by atoms with E-state index in [0.29, 0.717) is 25.4 Å². The van der Waals surface area contributed by atoms with Gasteiger partial charge < -0.3 is 10.0 Å². The molecule has 0 rings (SSSR count). The molecule has 22 heavy (non-hydrogen) atoms. The summed E-state index contributed by atoms with van der Waals surface area (Å²) in [5.74, 6) is -0.839. The normalized spacial score (nSPS) is 14.2. The molecule has 0 aromatic rings. The van der Waals surface area contributed by atoms with E-state index in [-0.39, 0.29) is 11.8 Å². The number of carbonyl (C=O) groups excluding carboxylic acids is 1. The quantitative estimate of drug-likeness (QED) is 0.596. The van der Waals surface area contributed by atoms with Crippen molar-refractivity contribution < 1.29 is 14.7 Å². The molecular weight excluding hydrogens is 280 g/mol. The van der Waals surface area contributed by atoms with Gasteiger partial charge >= 0.3 is 5.97 Å². The van der Waals surface area contributed by atoms with E-state index in [2.05, 4.69) is 13.8 Å². The summed E-state index contributed by atoms with van der Waals surface area (Å²) in [7, 11) is 5.62. The molecule has 0 heterocycles. The highest BCUT2D eigenvalue weighted by Crippen LogP contribution is 2.25. The Morgan fingerprint density at radius 2 is 1.59 bits per heavy atom. The number of carbonyl (C=O) groups is 2. The van der Waals surface area contributed by atoms with E-state index in [1.807, 2.05) is 25.9 Å². The zero-order chi connectivity index (χ0) is 17.3. The van der Waals surface area contributed by atoms with Crippen molar-refractivity contribution in [1.82, 2.24) is 9.80 Å². The monoisotopic (exact) mass is 314 g/mol. The summed E-state index contributed by atoms with van der Waals surface area (Å²) in [5, 5.41) is 9.44. The minimum atomic E-state index is -0.773. The van der Waals surface area contributed by atoms with Crippen LogP contribution >= 0.6 is 0 Å². The average molecular weight is 314 g/mol. The number of carboxylic acid groups (broad SMARTS) is 1. The second-order valence-corrected chi connectivity index (χ2v) is 6.98. The summed E-state index contributed by atoms with van der Waals surface area (Å²) < 4.78 is 0.